The molecule has 1 aliphatic rings. The first-order chi connectivity index (χ1) is 25.5. The fourth-order valence-corrected chi connectivity index (χ4v) is 8.64. The molecule has 0 radical (unpaired) electrons. The fraction of sp³-hybridized carbons (Fsp3) is 0.0800. The fourth-order valence-electron chi connectivity index (χ4n) is 8.64. The molecule has 0 N–H and O–H groups in total. The summed E-state index contributed by atoms with van der Waals surface area (Å²) in [5.41, 5.74) is 16.2. The number of aromatic nitrogens is 1. The summed E-state index contributed by atoms with van der Waals surface area (Å²) in [7, 11) is 0. The van der Waals surface area contributed by atoms with Crippen LogP contribution in [0.3, 0.4) is 0 Å². The van der Waals surface area contributed by atoms with Crippen molar-refractivity contribution in [3.05, 3.63) is 193 Å². The molecule has 0 fully saturated rings. The minimum absolute atomic E-state index is 0.0339. The van der Waals surface area contributed by atoms with E-state index in [4.69, 9.17) is 0 Å². The predicted molar refractivity (Wildman–Crippen MR) is 221 cm³/mol. The second kappa shape index (κ2) is 11.6. The van der Waals surface area contributed by atoms with Crippen LogP contribution in [0.15, 0.2) is 176 Å². The van der Waals surface area contributed by atoms with Gasteiger partial charge in [-0.25, -0.2) is 0 Å². The summed E-state index contributed by atoms with van der Waals surface area (Å²) < 4.78 is 2.39. The summed E-state index contributed by atoms with van der Waals surface area (Å²) in [4.78, 5) is 2.43. The second-order valence-corrected chi connectivity index (χ2v) is 14.7. The van der Waals surface area contributed by atoms with Gasteiger partial charge in [-0.05, 0) is 112 Å². The molecule has 0 saturated heterocycles. The molecule has 0 saturated carbocycles. The average molecular weight is 667 g/mol. The van der Waals surface area contributed by atoms with Crippen molar-refractivity contribution in [1.29, 1.82) is 0 Å². The number of hydrogen-bond acceptors (Lipinski definition) is 1. The standard InChI is InChI=1S/C50H38N2/c1-33-20-28-48-43(30-33)44-32-39(26-29-49(44)52(48)37-14-5-4-6-15-37)51(47-19-11-13-35-12-7-8-16-40(35)47)38-24-21-34(22-25-38)36-23-27-42-41-17-9-10-18-45(41)50(2,3)46(42)31-36/h4-32H,1-3H3. The number of rotatable bonds is 5. The molecule has 1 aromatic heterocycles. The van der Waals surface area contributed by atoms with Crippen molar-refractivity contribution < 1.29 is 0 Å². The van der Waals surface area contributed by atoms with Crippen molar-refractivity contribution in [3.8, 4) is 27.9 Å². The van der Waals surface area contributed by atoms with Gasteiger partial charge in [0, 0.05) is 38.6 Å². The van der Waals surface area contributed by atoms with E-state index >= 15 is 0 Å². The molecular weight excluding hydrogens is 629 g/mol. The Labute approximate surface area is 304 Å². The maximum Gasteiger partial charge on any atom is 0.0542 e. The first-order valence-corrected chi connectivity index (χ1v) is 18.2. The molecule has 0 unspecified atom stereocenters. The number of para-hydroxylation sites is 1. The molecule has 0 amide bonds. The summed E-state index contributed by atoms with van der Waals surface area (Å²) in [6.45, 7) is 6.88. The molecule has 8 aromatic carbocycles. The summed E-state index contributed by atoms with van der Waals surface area (Å²) in [5.74, 6) is 0. The van der Waals surface area contributed by atoms with E-state index in [9.17, 15) is 0 Å². The average Bonchev–Trinajstić information content (AvgIpc) is 3.63. The van der Waals surface area contributed by atoms with Crippen LogP contribution in [0.1, 0.15) is 30.5 Å². The lowest BCUT2D eigenvalue weighted by molar-refractivity contribution is 0.660. The summed E-state index contributed by atoms with van der Waals surface area (Å²) >= 11 is 0. The molecular formula is C50H38N2. The highest BCUT2D eigenvalue weighted by Gasteiger charge is 2.35. The lowest BCUT2D eigenvalue weighted by Gasteiger charge is -2.27. The molecule has 10 rings (SSSR count). The van der Waals surface area contributed by atoms with Gasteiger partial charge in [0.1, 0.15) is 0 Å². The Bertz CT molecular complexity index is 2820. The molecule has 52 heavy (non-hydrogen) atoms. The molecule has 1 heterocycles. The molecule has 0 atom stereocenters. The normalized spacial score (nSPS) is 13.1. The van der Waals surface area contributed by atoms with E-state index in [1.807, 2.05) is 0 Å². The molecule has 9 aromatic rings. The third-order valence-electron chi connectivity index (χ3n) is 11.2. The van der Waals surface area contributed by atoms with Crippen LogP contribution >= 0.6 is 0 Å². The van der Waals surface area contributed by atoms with Gasteiger partial charge in [0.25, 0.3) is 0 Å². The SMILES string of the molecule is Cc1ccc2c(c1)c1cc(N(c3ccc(-c4ccc5c(c4)C(C)(C)c4ccccc4-5)cc3)c3cccc4ccccc34)ccc1n2-c1ccccc1. The zero-order valence-corrected chi connectivity index (χ0v) is 29.6. The van der Waals surface area contributed by atoms with Crippen molar-refractivity contribution in [2.24, 2.45) is 0 Å². The quantitative estimate of drug-likeness (QED) is 0.177. The van der Waals surface area contributed by atoms with E-state index in [1.54, 1.807) is 0 Å². The molecule has 2 nitrogen and oxygen atoms in total. The highest BCUT2D eigenvalue weighted by Crippen LogP contribution is 2.50. The van der Waals surface area contributed by atoms with E-state index in [2.05, 4.69) is 206 Å². The van der Waals surface area contributed by atoms with Crippen LogP contribution in [0.5, 0.6) is 0 Å². The zero-order valence-electron chi connectivity index (χ0n) is 29.6. The topological polar surface area (TPSA) is 8.17 Å². The number of nitrogens with zero attached hydrogens (tertiary/aromatic N) is 2. The smallest absolute Gasteiger partial charge is 0.0542 e. The van der Waals surface area contributed by atoms with Crippen LogP contribution in [0.4, 0.5) is 17.1 Å². The molecule has 0 spiro atoms. The number of hydrogen-bond donors (Lipinski definition) is 0. The third-order valence-corrected chi connectivity index (χ3v) is 11.2. The van der Waals surface area contributed by atoms with E-state index in [1.165, 1.54) is 77.2 Å². The molecule has 1 aliphatic carbocycles. The minimum atomic E-state index is -0.0339. The molecule has 248 valence electrons. The Morgan fingerprint density at radius 3 is 1.96 bits per heavy atom. The van der Waals surface area contributed by atoms with E-state index < -0.39 is 0 Å². The van der Waals surface area contributed by atoms with E-state index in [0.29, 0.717) is 0 Å². The first kappa shape index (κ1) is 30.4. The third kappa shape index (κ3) is 4.64. The Balaban J connectivity index is 1.13. The molecule has 0 bridgehead atoms. The van der Waals surface area contributed by atoms with Crippen LogP contribution in [0.25, 0.3) is 60.5 Å². The summed E-state index contributed by atoms with van der Waals surface area (Å²) in [6, 6.07) is 64.8. The van der Waals surface area contributed by atoms with Gasteiger partial charge in [-0.15, -0.1) is 0 Å². The van der Waals surface area contributed by atoms with Gasteiger partial charge in [0.15, 0.2) is 0 Å². The summed E-state index contributed by atoms with van der Waals surface area (Å²) in [5, 5.41) is 4.94. The van der Waals surface area contributed by atoms with Gasteiger partial charge in [-0.3, -0.25) is 0 Å². The molecule has 0 aliphatic heterocycles. The van der Waals surface area contributed by atoms with Gasteiger partial charge in [-0.2, -0.15) is 0 Å². The second-order valence-electron chi connectivity index (χ2n) is 14.7. The Morgan fingerprint density at radius 1 is 0.462 bits per heavy atom. The Kier molecular flexibility index (Phi) is 6.78. The number of fused-ring (bicyclic) bond motifs is 7. The maximum absolute atomic E-state index is 2.43. The van der Waals surface area contributed by atoms with Crippen LogP contribution in [0, 0.1) is 6.92 Å². The van der Waals surface area contributed by atoms with E-state index in [-0.39, 0.29) is 5.41 Å². The van der Waals surface area contributed by atoms with Crippen LogP contribution < -0.4 is 4.90 Å². The highest BCUT2D eigenvalue weighted by atomic mass is 15.1. The van der Waals surface area contributed by atoms with Crippen molar-refractivity contribution in [1.82, 2.24) is 4.57 Å². The number of aryl methyl sites for hydroxylation is 1. The first-order valence-electron chi connectivity index (χ1n) is 18.2. The lowest BCUT2D eigenvalue weighted by Crippen LogP contribution is -2.14. The predicted octanol–water partition coefficient (Wildman–Crippen LogP) is 13.7. The maximum atomic E-state index is 2.43. The van der Waals surface area contributed by atoms with E-state index in [0.717, 1.165) is 17.1 Å². The summed E-state index contributed by atoms with van der Waals surface area (Å²) in [6.07, 6.45) is 0. The van der Waals surface area contributed by atoms with Crippen LogP contribution in [-0.4, -0.2) is 4.57 Å². The van der Waals surface area contributed by atoms with Crippen molar-refractivity contribution in [3.63, 3.8) is 0 Å². The number of benzene rings is 8. The van der Waals surface area contributed by atoms with Crippen molar-refractivity contribution >= 4 is 49.6 Å². The Morgan fingerprint density at radius 2 is 1.12 bits per heavy atom. The van der Waals surface area contributed by atoms with Gasteiger partial charge >= 0.3 is 0 Å². The zero-order chi connectivity index (χ0) is 35.0. The van der Waals surface area contributed by atoms with Gasteiger partial charge in [-0.1, -0.05) is 129 Å². The van der Waals surface area contributed by atoms with Crippen molar-refractivity contribution in [2.45, 2.75) is 26.2 Å². The van der Waals surface area contributed by atoms with Crippen LogP contribution in [-0.2, 0) is 5.41 Å². The Hall–Kier alpha value is -6.38. The number of anilines is 3. The lowest BCUT2D eigenvalue weighted by atomic mass is 9.81. The molecule has 2 heteroatoms. The van der Waals surface area contributed by atoms with Crippen LogP contribution in [0.2, 0.25) is 0 Å². The minimum Gasteiger partial charge on any atom is -0.310 e. The largest absolute Gasteiger partial charge is 0.310 e. The van der Waals surface area contributed by atoms with Gasteiger partial charge < -0.3 is 9.47 Å². The van der Waals surface area contributed by atoms with Gasteiger partial charge in [0.2, 0.25) is 0 Å². The van der Waals surface area contributed by atoms with Crippen molar-refractivity contribution in [2.75, 3.05) is 4.90 Å². The van der Waals surface area contributed by atoms with Gasteiger partial charge in [0.05, 0.1) is 16.7 Å². The monoisotopic (exact) mass is 666 g/mol. The highest BCUT2D eigenvalue weighted by molar-refractivity contribution is 6.11.